The van der Waals surface area contributed by atoms with Gasteiger partial charge in [0.25, 0.3) is 0 Å². The molecule has 0 heterocycles. The Hall–Kier alpha value is 0.0496. The Morgan fingerprint density at radius 3 is 1.88 bits per heavy atom. The summed E-state index contributed by atoms with van der Waals surface area (Å²) in [5.41, 5.74) is 0. The molecule has 0 aromatic rings. The van der Waals surface area contributed by atoms with Crippen LogP contribution in [0.15, 0.2) is 0 Å². The van der Waals surface area contributed by atoms with Gasteiger partial charge >= 0.3 is 55.9 Å². The van der Waals surface area contributed by atoms with E-state index in [-0.39, 0.29) is 0 Å². The van der Waals surface area contributed by atoms with E-state index in [0.29, 0.717) is 22.7 Å². The zero-order valence-corrected chi connectivity index (χ0v) is 5.69. The first-order chi connectivity index (χ1) is 3.48. The van der Waals surface area contributed by atoms with Gasteiger partial charge in [0.2, 0.25) is 0 Å². The summed E-state index contributed by atoms with van der Waals surface area (Å²) in [6.07, 6.45) is -4.85. The summed E-state index contributed by atoms with van der Waals surface area (Å²) in [5.74, 6) is -2.16. The van der Waals surface area contributed by atoms with E-state index in [1.807, 2.05) is 0 Å². The Kier molecular flexibility index (Phi) is 2.57. The van der Waals surface area contributed by atoms with Gasteiger partial charge in [0.15, 0.2) is 0 Å². The zero-order chi connectivity index (χ0) is 6.78. The van der Waals surface area contributed by atoms with Crippen molar-refractivity contribution in [1.82, 2.24) is 0 Å². The molecule has 0 saturated carbocycles. The van der Waals surface area contributed by atoms with Gasteiger partial charge in [-0.3, -0.25) is 0 Å². The van der Waals surface area contributed by atoms with E-state index >= 15 is 0 Å². The molecule has 0 amide bonds. The van der Waals surface area contributed by atoms with E-state index in [4.69, 9.17) is 0 Å². The standard InChI is InChI=1S/C2F3O2Te/c3-2(4,5)1(6)7-8. The Morgan fingerprint density at radius 2 is 1.88 bits per heavy atom. The van der Waals surface area contributed by atoms with Gasteiger partial charge in [0.1, 0.15) is 0 Å². The van der Waals surface area contributed by atoms with Crippen LogP contribution >= 0.6 is 0 Å². The molecule has 0 fully saturated rings. The van der Waals surface area contributed by atoms with Gasteiger partial charge in [-0.15, -0.1) is 0 Å². The third-order valence-corrected chi connectivity index (χ3v) is 0.739. The van der Waals surface area contributed by atoms with Crippen LogP contribution in [0.25, 0.3) is 0 Å². The van der Waals surface area contributed by atoms with Crippen LogP contribution < -0.4 is 0 Å². The second-order valence-corrected chi connectivity index (χ2v) is 1.34. The van der Waals surface area contributed by atoms with E-state index in [1.165, 1.54) is 0 Å². The summed E-state index contributed by atoms with van der Waals surface area (Å²) in [4.78, 5) is 9.49. The first-order valence-electron chi connectivity index (χ1n) is 1.39. The minimum absolute atomic E-state index is 0.612. The molecular formula is C2F3O2Te. The summed E-state index contributed by atoms with van der Waals surface area (Å²) in [6, 6.07) is 0. The Morgan fingerprint density at radius 1 is 1.50 bits per heavy atom. The number of carbonyl (C=O) groups excluding carboxylic acids is 1. The van der Waals surface area contributed by atoms with Crippen LogP contribution in [0.3, 0.4) is 0 Å². The minimum atomic E-state index is -4.85. The van der Waals surface area contributed by atoms with Crippen molar-refractivity contribution >= 4 is 28.7 Å². The van der Waals surface area contributed by atoms with Crippen molar-refractivity contribution < 1.29 is 21.1 Å². The van der Waals surface area contributed by atoms with Crippen molar-refractivity contribution in [3.05, 3.63) is 0 Å². The maximum atomic E-state index is 11.0. The van der Waals surface area contributed by atoms with E-state index in [0.717, 1.165) is 0 Å². The Labute approximate surface area is 56.4 Å². The van der Waals surface area contributed by atoms with Crippen LogP contribution in [0.1, 0.15) is 0 Å². The van der Waals surface area contributed by atoms with Gasteiger partial charge < -0.3 is 0 Å². The second kappa shape index (κ2) is 2.55. The number of hydrogen-bond donors (Lipinski definition) is 0. The molecule has 0 spiro atoms. The van der Waals surface area contributed by atoms with Crippen molar-refractivity contribution in [2.24, 2.45) is 0 Å². The molecule has 6 heteroatoms. The van der Waals surface area contributed by atoms with Crippen LogP contribution in [0, 0.1) is 0 Å². The summed E-state index contributed by atoms with van der Waals surface area (Å²) in [7, 11) is 0. The van der Waals surface area contributed by atoms with Gasteiger partial charge in [-0.25, -0.2) is 0 Å². The zero-order valence-electron chi connectivity index (χ0n) is 3.36. The molecule has 1 radical (unpaired) electrons. The van der Waals surface area contributed by atoms with Crippen LogP contribution in [-0.4, -0.2) is 34.9 Å². The molecule has 0 aliphatic rings. The predicted octanol–water partition coefficient (Wildman–Crippen LogP) is 0.175. The summed E-state index contributed by atoms with van der Waals surface area (Å²) >= 11 is 0.612. The third-order valence-electron chi connectivity index (χ3n) is 0.307. The maximum absolute atomic E-state index is 11.0. The van der Waals surface area contributed by atoms with Gasteiger partial charge in [-0.05, 0) is 0 Å². The molecular weight excluding hydrogens is 241 g/mol. The van der Waals surface area contributed by atoms with Crippen molar-refractivity contribution in [3.8, 4) is 0 Å². The normalized spacial score (nSPS) is 11.0. The summed E-state index contributed by atoms with van der Waals surface area (Å²) < 4.78 is 36.3. The van der Waals surface area contributed by atoms with Crippen molar-refractivity contribution in [2.45, 2.75) is 6.18 Å². The molecule has 0 atom stereocenters. The van der Waals surface area contributed by atoms with Crippen molar-refractivity contribution in [2.75, 3.05) is 0 Å². The number of rotatable bonds is 0. The van der Waals surface area contributed by atoms with Gasteiger partial charge in [0, 0.05) is 0 Å². The summed E-state index contributed by atoms with van der Waals surface area (Å²) in [5, 5.41) is 0. The van der Waals surface area contributed by atoms with Crippen LogP contribution in [0.2, 0.25) is 0 Å². The average molecular weight is 241 g/mol. The molecule has 0 N–H and O–H groups in total. The number of alkyl halides is 3. The quantitative estimate of drug-likeness (QED) is 0.565. The third kappa shape index (κ3) is 2.38. The van der Waals surface area contributed by atoms with E-state index in [2.05, 4.69) is 3.10 Å². The van der Waals surface area contributed by atoms with E-state index in [1.54, 1.807) is 0 Å². The molecule has 0 aromatic carbocycles. The fourth-order valence-corrected chi connectivity index (χ4v) is 0.317. The molecule has 0 bridgehead atoms. The monoisotopic (exact) mass is 243 g/mol. The van der Waals surface area contributed by atoms with Crippen molar-refractivity contribution in [3.63, 3.8) is 0 Å². The average Bonchev–Trinajstić information content (AvgIpc) is 1.62. The van der Waals surface area contributed by atoms with Crippen LogP contribution in [-0.2, 0) is 7.90 Å². The Bertz CT molecular complexity index is 97.9. The topological polar surface area (TPSA) is 26.3 Å². The first kappa shape index (κ1) is 8.05. The van der Waals surface area contributed by atoms with Crippen LogP contribution in [0.5, 0.6) is 0 Å². The van der Waals surface area contributed by atoms with E-state index in [9.17, 15) is 18.0 Å². The molecule has 8 heavy (non-hydrogen) atoms. The molecule has 0 aliphatic heterocycles. The molecule has 0 rings (SSSR count). The van der Waals surface area contributed by atoms with Crippen molar-refractivity contribution in [1.29, 1.82) is 0 Å². The Balaban J connectivity index is 3.82. The second-order valence-electron chi connectivity index (χ2n) is 0.869. The van der Waals surface area contributed by atoms with Gasteiger partial charge in [-0.2, -0.15) is 0 Å². The predicted molar refractivity (Wildman–Crippen MR) is 17.9 cm³/mol. The molecule has 0 saturated heterocycles. The first-order valence-corrected chi connectivity index (χ1v) is 2.34. The SMILES string of the molecule is O=C(O[Te])C(F)(F)F. The fraction of sp³-hybridized carbons (Fsp3) is 0.500. The van der Waals surface area contributed by atoms with Gasteiger partial charge in [0.05, 0.1) is 0 Å². The summed E-state index contributed by atoms with van der Waals surface area (Å²) in [6.45, 7) is 0. The molecule has 0 aliphatic carbocycles. The molecule has 0 unspecified atom stereocenters. The molecule has 47 valence electrons. The number of hydrogen-bond acceptors (Lipinski definition) is 2. The number of halogens is 3. The van der Waals surface area contributed by atoms with E-state index < -0.39 is 12.1 Å². The van der Waals surface area contributed by atoms with Crippen LogP contribution in [0.4, 0.5) is 13.2 Å². The van der Waals surface area contributed by atoms with Gasteiger partial charge in [-0.1, -0.05) is 0 Å². The number of carbonyl (C=O) groups is 1. The fourth-order valence-electron chi connectivity index (χ4n) is 0.0472. The molecule has 2 nitrogen and oxygen atoms in total. The molecule has 0 aromatic heterocycles.